The lowest BCUT2D eigenvalue weighted by molar-refractivity contribution is 0.0696. The molecule has 2 aromatic carbocycles. The van der Waals surface area contributed by atoms with Gasteiger partial charge in [-0.1, -0.05) is 48.5 Å². The molecule has 0 spiro atoms. The average molecular weight is 376 g/mol. The number of aromatic nitrogens is 1. The van der Waals surface area contributed by atoms with Crippen LogP contribution in [0.1, 0.15) is 27.4 Å². The number of carbonyl (C=O) groups is 2. The van der Waals surface area contributed by atoms with Crippen molar-refractivity contribution >= 4 is 12.1 Å². The lowest BCUT2D eigenvalue weighted by Crippen LogP contribution is -2.29. The maximum atomic E-state index is 12.1. The number of alkyl carbamates (subject to hydrolysis) is 1. The number of hydrogen-bond acceptors (Lipinski definition) is 3. The second-order valence-corrected chi connectivity index (χ2v) is 6.70. The Labute approximate surface area is 162 Å². The van der Waals surface area contributed by atoms with Gasteiger partial charge in [-0.2, -0.15) is 0 Å². The number of nitrogens with one attached hydrogen (secondary N) is 1. The van der Waals surface area contributed by atoms with Crippen LogP contribution in [0, 0.1) is 0 Å². The van der Waals surface area contributed by atoms with Crippen molar-refractivity contribution < 1.29 is 19.4 Å². The molecule has 0 saturated heterocycles. The fraction of sp³-hybridized carbons (Fsp3) is 0.182. The minimum Gasteiger partial charge on any atom is -0.478 e. The summed E-state index contributed by atoms with van der Waals surface area (Å²) in [5.74, 6) is -0.941. The van der Waals surface area contributed by atoms with E-state index in [4.69, 9.17) is 9.84 Å². The molecule has 1 aromatic heterocycles. The van der Waals surface area contributed by atoms with E-state index in [2.05, 4.69) is 29.6 Å². The van der Waals surface area contributed by atoms with Crippen molar-refractivity contribution in [1.29, 1.82) is 0 Å². The first-order valence-electron chi connectivity index (χ1n) is 9.11. The number of ether oxygens (including phenoxy) is 1. The molecule has 4 rings (SSSR count). The third-order valence-electron chi connectivity index (χ3n) is 4.98. The van der Waals surface area contributed by atoms with Crippen LogP contribution in [-0.4, -0.2) is 34.9 Å². The van der Waals surface area contributed by atoms with E-state index >= 15 is 0 Å². The zero-order valence-corrected chi connectivity index (χ0v) is 15.2. The van der Waals surface area contributed by atoms with Gasteiger partial charge in [0.2, 0.25) is 0 Å². The highest BCUT2D eigenvalue weighted by atomic mass is 16.5. The van der Waals surface area contributed by atoms with E-state index in [1.54, 1.807) is 10.8 Å². The topological polar surface area (TPSA) is 80.6 Å². The number of carboxylic acids is 1. The van der Waals surface area contributed by atoms with Crippen LogP contribution in [0.2, 0.25) is 0 Å². The molecule has 1 heterocycles. The minimum absolute atomic E-state index is 0.0284. The molecule has 142 valence electrons. The van der Waals surface area contributed by atoms with Gasteiger partial charge in [0, 0.05) is 31.4 Å². The first-order valence-corrected chi connectivity index (χ1v) is 9.11. The molecule has 6 nitrogen and oxygen atoms in total. The summed E-state index contributed by atoms with van der Waals surface area (Å²) >= 11 is 0. The number of carboxylic acid groups (broad SMARTS) is 1. The molecule has 28 heavy (non-hydrogen) atoms. The van der Waals surface area contributed by atoms with E-state index in [0.717, 1.165) is 0 Å². The van der Waals surface area contributed by atoms with Gasteiger partial charge in [-0.15, -0.1) is 0 Å². The van der Waals surface area contributed by atoms with Crippen LogP contribution in [0.25, 0.3) is 11.1 Å². The first kappa shape index (κ1) is 17.9. The van der Waals surface area contributed by atoms with E-state index in [0.29, 0.717) is 13.1 Å². The zero-order valence-electron chi connectivity index (χ0n) is 15.2. The Bertz CT molecular complexity index is 979. The number of benzene rings is 2. The maximum absolute atomic E-state index is 12.1. The number of aromatic carboxylic acids is 1. The normalized spacial score (nSPS) is 12.3. The van der Waals surface area contributed by atoms with Gasteiger partial charge in [0.15, 0.2) is 0 Å². The number of hydrogen-bond donors (Lipinski definition) is 2. The molecule has 0 bridgehead atoms. The van der Waals surface area contributed by atoms with Crippen LogP contribution in [0.3, 0.4) is 0 Å². The second kappa shape index (κ2) is 7.60. The SMILES string of the molecule is O=C(NCCn1ccc(C(=O)O)c1)OCC1c2ccccc2-c2ccccc21. The number of rotatable bonds is 6. The molecule has 3 aromatic rings. The van der Waals surface area contributed by atoms with Crippen molar-refractivity contribution in [3.8, 4) is 11.1 Å². The summed E-state index contributed by atoms with van der Waals surface area (Å²) in [4.78, 5) is 23.0. The predicted octanol–water partition coefficient (Wildman–Crippen LogP) is 3.73. The summed E-state index contributed by atoms with van der Waals surface area (Å²) in [5, 5.41) is 11.6. The molecule has 0 unspecified atom stereocenters. The molecular formula is C22H20N2O4. The van der Waals surface area contributed by atoms with Crippen molar-refractivity contribution in [2.45, 2.75) is 12.5 Å². The lowest BCUT2D eigenvalue weighted by Gasteiger charge is -2.14. The van der Waals surface area contributed by atoms with Gasteiger partial charge >= 0.3 is 12.1 Å². The standard InChI is InChI=1S/C22H20N2O4/c25-21(26)15-9-11-24(13-15)12-10-23-22(27)28-14-20-18-7-3-1-5-16(18)17-6-2-4-8-19(17)20/h1-9,11,13,20H,10,12,14H2,(H,23,27)(H,25,26). The molecule has 0 atom stereocenters. The molecule has 1 aliphatic rings. The summed E-state index contributed by atoms with van der Waals surface area (Å²) in [6.07, 6.45) is 2.72. The fourth-order valence-electron chi connectivity index (χ4n) is 3.64. The van der Waals surface area contributed by atoms with Crippen LogP contribution in [0.4, 0.5) is 4.79 Å². The highest BCUT2D eigenvalue weighted by Crippen LogP contribution is 2.44. The van der Waals surface area contributed by atoms with Crippen molar-refractivity contribution in [2.75, 3.05) is 13.2 Å². The van der Waals surface area contributed by atoms with Crippen LogP contribution in [0.5, 0.6) is 0 Å². The first-order chi connectivity index (χ1) is 13.6. The highest BCUT2D eigenvalue weighted by Gasteiger charge is 2.28. The summed E-state index contributed by atoms with van der Waals surface area (Å²) in [5.41, 5.74) is 4.94. The Morgan fingerprint density at radius 2 is 1.64 bits per heavy atom. The van der Waals surface area contributed by atoms with Crippen LogP contribution in [-0.2, 0) is 11.3 Å². The van der Waals surface area contributed by atoms with Gasteiger partial charge in [0.1, 0.15) is 6.61 Å². The quantitative estimate of drug-likeness (QED) is 0.687. The lowest BCUT2D eigenvalue weighted by atomic mass is 9.98. The Morgan fingerprint density at radius 3 is 2.25 bits per heavy atom. The average Bonchev–Trinajstić information content (AvgIpc) is 3.30. The molecule has 0 radical (unpaired) electrons. The van der Waals surface area contributed by atoms with Gasteiger partial charge in [0.25, 0.3) is 0 Å². The van der Waals surface area contributed by atoms with E-state index in [1.807, 2.05) is 24.3 Å². The van der Waals surface area contributed by atoms with Gasteiger partial charge in [0.05, 0.1) is 5.56 Å². The van der Waals surface area contributed by atoms with Crippen molar-refractivity contribution in [3.05, 3.63) is 83.7 Å². The molecule has 0 fully saturated rings. The molecular weight excluding hydrogens is 356 g/mol. The second-order valence-electron chi connectivity index (χ2n) is 6.70. The number of carbonyl (C=O) groups excluding carboxylic acids is 1. The largest absolute Gasteiger partial charge is 0.478 e. The molecule has 0 saturated carbocycles. The smallest absolute Gasteiger partial charge is 0.407 e. The van der Waals surface area contributed by atoms with E-state index in [9.17, 15) is 9.59 Å². The third-order valence-corrected chi connectivity index (χ3v) is 4.98. The molecule has 2 N–H and O–H groups in total. The van der Waals surface area contributed by atoms with Gasteiger partial charge < -0.3 is 19.7 Å². The van der Waals surface area contributed by atoms with Gasteiger partial charge in [-0.05, 0) is 28.3 Å². The number of fused-ring (bicyclic) bond motifs is 3. The van der Waals surface area contributed by atoms with Crippen LogP contribution in [0.15, 0.2) is 67.0 Å². The zero-order chi connectivity index (χ0) is 19.5. The van der Waals surface area contributed by atoms with Crippen molar-refractivity contribution in [3.63, 3.8) is 0 Å². The molecule has 0 aliphatic heterocycles. The van der Waals surface area contributed by atoms with Crippen LogP contribution < -0.4 is 5.32 Å². The summed E-state index contributed by atoms with van der Waals surface area (Å²) < 4.78 is 7.18. The van der Waals surface area contributed by atoms with Gasteiger partial charge in [-0.3, -0.25) is 0 Å². The van der Waals surface area contributed by atoms with Crippen molar-refractivity contribution in [1.82, 2.24) is 9.88 Å². The minimum atomic E-state index is -0.969. The Hall–Kier alpha value is -3.54. The molecule has 6 heteroatoms. The predicted molar refractivity (Wildman–Crippen MR) is 104 cm³/mol. The summed E-state index contributed by atoms with van der Waals surface area (Å²) in [6.45, 7) is 1.09. The summed E-state index contributed by atoms with van der Waals surface area (Å²) in [7, 11) is 0. The van der Waals surface area contributed by atoms with Crippen molar-refractivity contribution in [2.24, 2.45) is 0 Å². The number of amides is 1. The third kappa shape index (κ3) is 3.49. The summed E-state index contributed by atoms with van der Waals surface area (Å²) in [6, 6.07) is 17.9. The highest BCUT2D eigenvalue weighted by molar-refractivity contribution is 5.87. The number of nitrogens with zero attached hydrogens (tertiary/aromatic N) is 1. The van der Waals surface area contributed by atoms with E-state index in [1.165, 1.54) is 34.5 Å². The molecule has 1 amide bonds. The fourth-order valence-corrected chi connectivity index (χ4v) is 3.64. The Morgan fingerprint density at radius 1 is 1.00 bits per heavy atom. The Kier molecular flexibility index (Phi) is 4.85. The monoisotopic (exact) mass is 376 g/mol. The van der Waals surface area contributed by atoms with E-state index < -0.39 is 12.1 Å². The van der Waals surface area contributed by atoms with Gasteiger partial charge in [-0.25, -0.2) is 9.59 Å². The molecule has 1 aliphatic carbocycles. The Balaban J connectivity index is 1.33. The maximum Gasteiger partial charge on any atom is 0.407 e. The van der Waals surface area contributed by atoms with Crippen LogP contribution >= 0.6 is 0 Å². The van der Waals surface area contributed by atoms with E-state index in [-0.39, 0.29) is 18.1 Å².